The van der Waals surface area contributed by atoms with Crippen molar-refractivity contribution in [2.45, 2.75) is 52.7 Å². The molecular formula is C28H33NO3. The van der Waals surface area contributed by atoms with E-state index in [0.29, 0.717) is 18.8 Å². The number of hydrogen-bond donors (Lipinski definition) is 1. The summed E-state index contributed by atoms with van der Waals surface area (Å²) in [5, 5.41) is 3.07. The molecule has 0 radical (unpaired) electrons. The summed E-state index contributed by atoms with van der Waals surface area (Å²) in [6.45, 7) is 11.3. The number of nitrogens with one attached hydrogen (secondary N) is 1. The lowest BCUT2D eigenvalue weighted by atomic mass is 9.86. The molecule has 1 atom stereocenters. The Labute approximate surface area is 191 Å². The van der Waals surface area contributed by atoms with Gasteiger partial charge in [-0.25, -0.2) is 0 Å². The van der Waals surface area contributed by atoms with E-state index in [1.165, 1.54) is 0 Å². The average Bonchev–Trinajstić information content (AvgIpc) is 2.78. The zero-order chi connectivity index (χ0) is 23.1. The van der Waals surface area contributed by atoms with Crippen LogP contribution in [0.25, 0.3) is 0 Å². The van der Waals surface area contributed by atoms with Crippen molar-refractivity contribution in [1.29, 1.82) is 0 Å². The summed E-state index contributed by atoms with van der Waals surface area (Å²) in [6.07, 6.45) is 0. The van der Waals surface area contributed by atoms with E-state index in [4.69, 9.17) is 9.47 Å². The van der Waals surface area contributed by atoms with Crippen LogP contribution in [0.15, 0.2) is 72.8 Å². The average molecular weight is 432 g/mol. The van der Waals surface area contributed by atoms with Crippen LogP contribution in [-0.4, -0.2) is 12.5 Å². The first-order valence-corrected chi connectivity index (χ1v) is 11.1. The number of para-hydroxylation sites is 1. The minimum absolute atomic E-state index is 0.0331. The molecule has 0 unspecified atom stereocenters. The molecule has 4 heteroatoms. The molecule has 3 aromatic rings. The second-order valence-electron chi connectivity index (χ2n) is 8.90. The molecule has 0 saturated heterocycles. The number of carbonyl (C=O) groups excluding carboxylic acids is 1. The summed E-state index contributed by atoms with van der Waals surface area (Å²) in [5.41, 5.74) is 3.60. The number of carbonyl (C=O) groups is 1. The van der Waals surface area contributed by atoms with Gasteiger partial charge in [-0.1, -0.05) is 69.3 Å². The van der Waals surface area contributed by atoms with Crippen LogP contribution in [0.1, 0.15) is 67.7 Å². The SMILES string of the molecule is CCOc1ccc(C(=O)N[C@H](C)c2ccccc2)cc1COc1ccccc1C(C)(C)C. The zero-order valence-electron chi connectivity index (χ0n) is 19.6. The van der Waals surface area contributed by atoms with Crippen molar-refractivity contribution in [2.24, 2.45) is 0 Å². The lowest BCUT2D eigenvalue weighted by molar-refractivity contribution is 0.0939. The monoisotopic (exact) mass is 431 g/mol. The molecule has 0 saturated carbocycles. The Morgan fingerprint density at radius 3 is 2.28 bits per heavy atom. The zero-order valence-corrected chi connectivity index (χ0v) is 19.6. The fourth-order valence-electron chi connectivity index (χ4n) is 3.60. The number of benzene rings is 3. The first-order chi connectivity index (χ1) is 15.3. The largest absolute Gasteiger partial charge is 0.493 e. The lowest BCUT2D eigenvalue weighted by Gasteiger charge is -2.23. The van der Waals surface area contributed by atoms with Gasteiger partial charge >= 0.3 is 0 Å². The Kier molecular flexibility index (Phi) is 7.57. The quantitative estimate of drug-likeness (QED) is 0.446. The third-order valence-corrected chi connectivity index (χ3v) is 5.35. The van der Waals surface area contributed by atoms with Crippen molar-refractivity contribution in [1.82, 2.24) is 5.32 Å². The summed E-state index contributed by atoms with van der Waals surface area (Å²) in [7, 11) is 0. The summed E-state index contributed by atoms with van der Waals surface area (Å²) < 4.78 is 12.0. The second kappa shape index (κ2) is 10.4. The van der Waals surface area contributed by atoms with Gasteiger partial charge in [0.25, 0.3) is 5.91 Å². The van der Waals surface area contributed by atoms with Crippen molar-refractivity contribution in [2.75, 3.05) is 6.61 Å². The van der Waals surface area contributed by atoms with Gasteiger partial charge in [0.1, 0.15) is 18.1 Å². The summed E-state index contributed by atoms with van der Waals surface area (Å²) in [6, 6.07) is 23.4. The molecule has 0 bridgehead atoms. The smallest absolute Gasteiger partial charge is 0.251 e. The van der Waals surface area contributed by atoms with Crippen molar-refractivity contribution in [3.05, 3.63) is 95.1 Å². The first-order valence-electron chi connectivity index (χ1n) is 11.1. The van der Waals surface area contributed by atoms with Gasteiger partial charge in [-0.3, -0.25) is 4.79 Å². The van der Waals surface area contributed by atoms with Crippen molar-refractivity contribution >= 4 is 5.91 Å². The fraction of sp³-hybridized carbons (Fsp3) is 0.321. The normalized spacial score (nSPS) is 12.2. The second-order valence-corrected chi connectivity index (χ2v) is 8.90. The van der Waals surface area contributed by atoms with Gasteiger partial charge in [0.2, 0.25) is 0 Å². The van der Waals surface area contributed by atoms with Crippen molar-refractivity contribution < 1.29 is 14.3 Å². The van der Waals surface area contributed by atoms with E-state index in [9.17, 15) is 4.79 Å². The Morgan fingerprint density at radius 2 is 1.59 bits per heavy atom. The van der Waals surface area contributed by atoms with Gasteiger partial charge in [-0.15, -0.1) is 0 Å². The van der Waals surface area contributed by atoms with E-state index in [1.54, 1.807) is 6.07 Å². The maximum atomic E-state index is 12.9. The third-order valence-electron chi connectivity index (χ3n) is 5.35. The molecule has 0 aliphatic heterocycles. The third kappa shape index (κ3) is 5.91. The van der Waals surface area contributed by atoms with Crippen LogP contribution in [0.5, 0.6) is 11.5 Å². The summed E-state index contributed by atoms with van der Waals surface area (Å²) >= 11 is 0. The molecule has 0 aliphatic rings. The van der Waals surface area contributed by atoms with Crippen LogP contribution in [0, 0.1) is 0 Å². The van der Waals surface area contributed by atoms with Crippen LogP contribution in [-0.2, 0) is 12.0 Å². The number of rotatable bonds is 8. The first kappa shape index (κ1) is 23.4. The minimum atomic E-state index is -0.124. The fourth-order valence-corrected chi connectivity index (χ4v) is 3.60. The van der Waals surface area contributed by atoms with Gasteiger partial charge in [-0.05, 0) is 54.7 Å². The summed E-state index contributed by atoms with van der Waals surface area (Å²) in [5.74, 6) is 1.45. The van der Waals surface area contributed by atoms with E-state index in [1.807, 2.05) is 74.5 Å². The van der Waals surface area contributed by atoms with Crippen molar-refractivity contribution in [3.63, 3.8) is 0 Å². The molecule has 168 valence electrons. The Balaban J connectivity index is 1.80. The van der Waals surface area contributed by atoms with Gasteiger partial charge in [-0.2, -0.15) is 0 Å². The highest BCUT2D eigenvalue weighted by molar-refractivity contribution is 5.94. The molecule has 0 heterocycles. The van der Waals surface area contributed by atoms with E-state index < -0.39 is 0 Å². The van der Waals surface area contributed by atoms with Crippen LogP contribution >= 0.6 is 0 Å². The molecule has 32 heavy (non-hydrogen) atoms. The van der Waals surface area contributed by atoms with Gasteiger partial charge in [0, 0.05) is 11.1 Å². The predicted molar refractivity (Wildman–Crippen MR) is 129 cm³/mol. The van der Waals surface area contributed by atoms with Gasteiger partial charge < -0.3 is 14.8 Å². The topological polar surface area (TPSA) is 47.6 Å². The molecule has 0 aromatic heterocycles. The molecule has 0 spiro atoms. The Hall–Kier alpha value is -3.27. The van der Waals surface area contributed by atoms with Gasteiger partial charge in [0.15, 0.2) is 0 Å². The standard InChI is InChI=1S/C28H33NO3/c1-6-31-25-17-16-22(27(30)29-20(2)21-12-8-7-9-13-21)18-23(25)19-32-26-15-11-10-14-24(26)28(3,4)5/h7-18,20H,6,19H2,1-5H3,(H,29,30)/t20-/m1/s1. The number of ether oxygens (including phenoxy) is 2. The van der Waals surface area contributed by atoms with Crippen LogP contribution < -0.4 is 14.8 Å². The molecule has 1 N–H and O–H groups in total. The minimum Gasteiger partial charge on any atom is -0.493 e. The molecule has 0 aliphatic carbocycles. The lowest BCUT2D eigenvalue weighted by Crippen LogP contribution is -2.26. The van der Waals surface area contributed by atoms with E-state index >= 15 is 0 Å². The molecule has 3 rings (SSSR count). The van der Waals surface area contributed by atoms with E-state index in [2.05, 4.69) is 32.2 Å². The molecule has 3 aromatic carbocycles. The molecule has 1 amide bonds. The van der Waals surface area contributed by atoms with E-state index in [0.717, 1.165) is 28.2 Å². The Morgan fingerprint density at radius 1 is 0.906 bits per heavy atom. The molecule has 0 fully saturated rings. The molecule has 4 nitrogen and oxygen atoms in total. The molecular weight excluding hydrogens is 398 g/mol. The van der Waals surface area contributed by atoms with Crippen molar-refractivity contribution in [3.8, 4) is 11.5 Å². The van der Waals surface area contributed by atoms with Gasteiger partial charge in [0.05, 0.1) is 12.6 Å². The predicted octanol–water partition coefficient (Wildman–Crippen LogP) is 6.45. The highest BCUT2D eigenvalue weighted by Gasteiger charge is 2.19. The van der Waals surface area contributed by atoms with Crippen LogP contribution in [0.3, 0.4) is 0 Å². The Bertz CT molecular complexity index is 1040. The van der Waals surface area contributed by atoms with Crippen LogP contribution in [0.2, 0.25) is 0 Å². The number of amides is 1. The number of hydrogen-bond acceptors (Lipinski definition) is 3. The maximum Gasteiger partial charge on any atom is 0.251 e. The highest BCUT2D eigenvalue weighted by Crippen LogP contribution is 2.32. The van der Waals surface area contributed by atoms with E-state index in [-0.39, 0.29) is 17.4 Å². The maximum absolute atomic E-state index is 12.9. The summed E-state index contributed by atoms with van der Waals surface area (Å²) in [4.78, 5) is 12.9. The highest BCUT2D eigenvalue weighted by atomic mass is 16.5. The van der Waals surface area contributed by atoms with Crippen LogP contribution in [0.4, 0.5) is 0 Å².